The summed E-state index contributed by atoms with van der Waals surface area (Å²) in [5, 5.41) is 3.23. The highest BCUT2D eigenvalue weighted by atomic mass is 16.4. The fraction of sp³-hybridized carbons (Fsp3) is 0.308. The van der Waals surface area contributed by atoms with E-state index < -0.39 is 0 Å². The minimum absolute atomic E-state index is 0.544. The van der Waals surface area contributed by atoms with E-state index in [0.717, 1.165) is 22.8 Å². The lowest BCUT2D eigenvalue weighted by Crippen LogP contribution is -2.03. The standard InChI is InChI=1S/C13H17N3O/c1-8-4-5-11(14)12(6-8)15-7-13-16-9(2)10(3)17-13/h4-6,15H,7,14H2,1-3H3. The molecule has 0 aliphatic heterocycles. The minimum atomic E-state index is 0.544. The Labute approximate surface area is 101 Å². The number of nitrogens with one attached hydrogen (secondary N) is 1. The molecule has 17 heavy (non-hydrogen) atoms. The van der Waals surface area contributed by atoms with Gasteiger partial charge in [0.15, 0.2) is 0 Å². The summed E-state index contributed by atoms with van der Waals surface area (Å²) in [4.78, 5) is 4.31. The summed E-state index contributed by atoms with van der Waals surface area (Å²) in [6, 6.07) is 5.89. The Hall–Kier alpha value is -1.97. The lowest BCUT2D eigenvalue weighted by atomic mass is 10.2. The normalized spacial score (nSPS) is 10.5. The minimum Gasteiger partial charge on any atom is -0.444 e. The monoisotopic (exact) mass is 231 g/mol. The van der Waals surface area contributed by atoms with E-state index >= 15 is 0 Å². The number of nitrogens with two attached hydrogens (primary N) is 1. The number of anilines is 2. The Kier molecular flexibility index (Phi) is 3.04. The molecule has 0 amide bonds. The van der Waals surface area contributed by atoms with Crippen LogP contribution >= 0.6 is 0 Å². The van der Waals surface area contributed by atoms with Crippen molar-refractivity contribution in [1.82, 2.24) is 4.98 Å². The molecule has 4 heteroatoms. The van der Waals surface area contributed by atoms with Gasteiger partial charge in [-0.1, -0.05) is 6.07 Å². The SMILES string of the molecule is Cc1ccc(N)c(NCc2nc(C)c(C)o2)c1. The van der Waals surface area contributed by atoms with E-state index in [1.54, 1.807) is 0 Å². The maximum Gasteiger partial charge on any atom is 0.213 e. The first-order valence-electron chi connectivity index (χ1n) is 5.59. The Balaban J connectivity index is 2.09. The largest absolute Gasteiger partial charge is 0.444 e. The van der Waals surface area contributed by atoms with E-state index in [-0.39, 0.29) is 0 Å². The number of aromatic nitrogens is 1. The van der Waals surface area contributed by atoms with E-state index in [1.165, 1.54) is 5.56 Å². The van der Waals surface area contributed by atoms with E-state index in [0.29, 0.717) is 12.4 Å². The lowest BCUT2D eigenvalue weighted by molar-refractivity contribution is 0.478. The number of nitrogens with zero attached hydrogens (tertiary/aromatic N) is 1. The molecule has 0 bridgehead atoms. The fourth-order valence-corrected chi connectivity index (χ4v) is 1.61. The highest BCUT2D eigenvalue weighted by Crippen LogP contribution is 2.20. The first kappa shape index (κ1) is 11.5. The van der Waals surface area contributed by atoms with Gasteiger partial charge in [-0.25, -0.2) is 4.98 Å². The van der Waals surface area contributed by atoms with Crippen LogP contribution in [-0.2, 0) is 6.54 Å². The van der Waals surface area contributed by atoms with Crippen molar-refractivity contribution in [2.24, 2.45) is 0 Å². The summed E-state index contributed by atoms with van der Waals surface area (Å²) in [5.41, 5.74) is 9.62. The first-order chi connectivity index (χ1) is 8.06. The van der Waals surface area contributed by atoms with Crippen molar-refractivity contribution in [2.45, 2.75) is 27.3 Å². The number of oxazole rings is 1. The second kappa shape index (κ2) is 4.49. The molecular weight excluding hydrogens is 214 g/mol. The molecule has 2 aromatic rings. The van der Waals surface area contributed by atoms with Gasteiger partial charge in [-0.15, -0.1) is 0 Å². The zero-order valence-corrected chi connectivity index (χ0v) is 10.4. The summed E-state index contributed by atoms with van der Waals surface area (Å²) in [7, 11) is 0. The Morgan fingerprint density at radius 2 is 2.06 bits per heavy atom. The molecule has 1 heterocycles. The molecule has 3 N–H and O–H groups in total. The highest BCUT2D eigenvalue weighted by molar-refractivity contribution is 5.66. The average Bonchev–Trinajstić information content (AvgIpc) is 2.60. The van der Waals surface area contributed by atoms with Gasteiger partial charge in [0, 0.05) is 0 Å². The molecule has 0 saturated carbocycles. The summed E-state index contributed by atoms with van der Waals surface area (Å²) < 4.78 is 5.49. The molecular formula is C13H17N3O. The molecule has 0 radical (unpaired) electrons. The van der Waals surface area contributed by atoms with Gasteiger partial charge < -0.3 is 15.5 Å². The van der Waals surface area contributed by atoms with Gasteiger partial charge in [-0.2, -0.15) is 0 Å². The second-order valence-electron chi connectivity index (χ2n) is 4.19. The molecule has 0 unspecified atom stereocenters. The average molecular weight is 231 g/mol. The second-order valence-corrected chi connectivity index (χ2v) is 4.19. The maximum absolute atomic E-state index is 5.88. The molecule has 0 aliphatic rings. The molecule has 4 nitrogen and oxygen atoms in total. The maximum atomic E-state index is 5.88. The summed E-state index contributed by atoms with van der Waals surface area (Å²) in [6.07, 6.45) is 0. The van der Waals surface area contributed by atoms with Gasteiger partial charge in [-0.3, -0.25) is 0 Å². The highest BCUT2D eigenvalue weighted by Gasteiger charge is 2.06. The molecule has 0 spiro atoms. The van der Waals surface area contributed by atoms with Crippen LogP contribution in [0.15, 0.2) is 22.6 Å². The van der Waals surface area contributed by atoms with Crippen LogP contribution in [0.4, 0.5) is 11.4 Å². The number of hydrogen-bond acceptors (Lipinski definition) is 4. The van der Waals surface area contributed by atoms with Crippen molar-refractivity contribution in [3.8, 4) is 0 Å². The van der Waals surface area contributed by atoms with Crippen LogP contribution in [0.3, 0.4) is 0 Å². The summed E-state index contributed by atoms with van der Waals surface area (Å²) in [6.45, 7) is 6.42. The molecule has 90 valence electrons. The van der Waals surface area contributed by atoms with E-state index in [1.807, 2.05) is 39.0 Å². The van der Waals surface area contributed by atoms with Crippen molar-refractivity contribution in [3.63, 3.8) is 0 Å². The van der Waals surface area contributed by atoms with Crippen molar-refractivity contribution >= 4 is 11.4 Å². The summed E-state index contributed by atoms with van der Waals surface area (Å²) in [5.74, 6) is 1.54. The van der Waals surface area contributed by atoms with E-state index in [4.69, 9.17) is 10.2 Å². The van der Waals surface area contributed by atoms with Crippen molar-refractivity contribution in [1.29, 1.82) is 0 Å². The van der Waals surface area contributed by atoms with Crippen LogP contribution in [0, 0.1) is 20.8 Å². The Bertz CT molecular complexity index is 512. The van der Waals surface area contributed by atoms with Crippen molar-refractivity contribution in [3.05, 3.63) is 41.1 Å². The van der Waals surface area contributed by atoms with Crippen LogP contribution in [0.1, 0.15) is 22.9 Å². The predicted octanol–water partition coefficient (Wildman–Crippen LogP) is 2.79. The van der Waals surface area contributed by atoms with Gasteiger partial charge in [0.05, 0.1) is 23.6 Å². The summed E-state index contributed by atoms with van der Waals surface area (Å²) >= 11 is 0. The molecule has 0 fully saturated rings. The number of rotatable bonds is 3. The number of hydrogen-bond donors (Lipinski definition) is 2. The Morgan fingerprint density at radius 3 is 2.71 bits per heavy atom. The van der Waals surface area contributed by atoms with Gasteiger partial charge in [-0.05, 0) is 38.5 Å². The van der Waals surface area contributed by atoms with Gasteiger partial charge in [0.2, 0.25) is 5.89 Å². The van der Waals surface area contributed by atoms with Gasteiger partial charge in [0.25, 0.3) is 0 Å². The van der Waals surface area contributed by atoms with Gasteiger partial charge >= 0.3 is 0 Å². The van der Waals surface area contributed by atoms with Crippen LogP contribution in [0.2, 0.25) is 0 Å². The third-order valence-electron chi connectivity index (χ3n) is 2.71. The van der Waals surface area contributed by atoms with E-state index in [9.17, 15) is 0 Å². The number of aryl methyl sites for hydroxylation is 3. The smallest absolute Gasteiger partial charge is 0.213 e. The van der Waals surface area contributed by atoms with Crippen LogP contribution < -0.4 is 11.1 Å². The van der Waals surface area contributed by atoms with Crippen LogP contribution in [0.5, 0.6) is 0 Å². The van der Waals surface area contributed by atoms with Crippen LogP contribution in [0.25, 0.3) is 0 Å². The van der Waals surface area contributed by atoms with Crippen LogP contribution in [-0.4, -0.2) is 4.98 Å². The first-order valence-corrected chi connectivity index (χ1v) is 5.59. The van der Waals surface area contributed by atoms with Crippen molar-refractivity contribution in [2.75, 3.05) is 11.1 Å². The predicted molar refractivity (Wildman–Crippen MR) is 68.9 cm³/mol. The lowest BCUT2D eigenvalue weighted by Gasteiger charge is -2.08. The molecule has 1 aromatic carbocycles. The third-order valence-corrected chi connectivity index (χ3v) is 2.71. The number of benzene rings is 1. The quantitative estimate of drug-likeness (QED) is 0.797. The van der Waals surface area contributed by atoms with Gasteiger partial charge in [0.1, 0.15) is 5.76 Å². The Morgan fingerprint density at radius 1 is 1.29 bits per heavy atom. The van der Waals surface area contributed by atoms with Crippen molar-refractivity contribution < 1.29 is 4.42 Å². The fourth-order valence-electron chi connectivity index (χ4n) is 1.61. The zero-order chi connectivity index (χ0) is 12.4. The molecule has 2 rings (SSSR count). The molecule has 0 aliphatic carbocycles. The molecule has 0 atom stereocenters. The van der Waals surface area contributed by atoms with E-state index in [2.05, 4.69) is 10.3 Å². The third kappa shape index (κ3) is 2.58. The molecule has 1 aromatic heterocycles. The molecule has 0 saturated heterocycles. The topological polar surface area (TPSA) is 64.1 Å². The zero-order valence-electron chi connectivity index (χ0n) is 10.4. The number of nitrogen functional groups attached to an aromatic ring is 1.